The largest absolute Gasteiger partial charge is 0.392 e. The van der Waals surface area contributed by atoms with Gasteiger partial charge in [0.1, 0.15) is 0 Å². The molecule has 0 aliphatic carbocycles. The molecule has 5 nitrogen and oxygen atoms in total. The number of halogens is 1. The predicted molar refractivity (Wildman–Crippen MR) is 52.0 cm³/mol. The van der Waals surface area contributed by atoms with Gasteiger partial charge in [0.15, 0.2) is 0 Å². The third kappa shape index (κ3) is 2.51. The van der Waals surface area contributed by atoms with Crippen LogP contribution in [-0.2, 0) is 6.54 Å². The minimum absolute atomic E-state index is 0.0467. The van der Waals surface area contributed by atoms with Crippen molar-refractivity contribution in [2.45, 2.75) is 19.9 Å². The highest BCUT2D eigenvalue weighted by atomic mass is 79.9. The summed E-state index contributed by atoms with van der Waals surface area (Å²) in [7, 11) is 0. The van der Waals surface area contributed by atoms with Crippen LogP contribution in [0.4, 0.5) is 5.82 Å². The minimum atomic E-state index is -0.458. The van der Waals surface area contributed by atoms with E-state index >= 15 is 0 Å². The molecule has 1 aromatic rings. The monoisotopic (exact) mass is 247 g/mol. The van der Waals surface area contributed by atoms with Gasteiger partial charge in [0.05, 0.1) is 23.4 Å². The van der Waals surface area contributed by atoms with Gasteiger partial charge in [-0.05, 0) is 18.3 Å². The van der Waals surface area contributed by atoms with Crippen molar-refractivity contribution >= 4 is 21.7 Å². The predicted octanol–water partition coefficient (Wildman–Crippen LogP) is 1.88. The molecule has 1 aromatic heterocycles. The molecule has 0 fully saturated rings. The van der Waals surface area contributed by atoms with Crippen molar-refractivity contribution < 1.29 is 4.92 Å². The molecule has 13 heavy (non-hydrogen) atoms. The van der Waals surface area contributed by atoms with Crippen LogP contribution in [0.3, 0.4) is 0 Å². The second-order valence-electron chi connectivity index (χ2n) is 2.70. The molecule has 72 valence electrons. The molecule has 0 saturated carbocycles. The van der Waals surface area contributed by atoms with Gasteiger partial charge in [0.2, 0.25) is 0 Å². The zero-order chi connectivity index (χ0) is 9.84. The van der Waals surface area contributed by atoms with Crippen LogP contribution in [0, 0.1) is 17.0 Å². The summed E-state index contributed by atoms with van der Waals surface area (Å²) in [4.78, 5) is 9.97. The van der Waals surface area contributed by atoms with Gasteiger partial charge in [-0.15, -0.1) is 0 Å². The molecule has 0 atom stereocenters. The Kier molecular flexibility index (Phi) is 3.41. The Balaban J connectivity index is 2.76. The first-order chi connectivity index (χ1) is 6.15. The van der Waals surface area contributed by atoms with Crippen molar-refractivity contribution in [2.75, 3.05) is 5.33 Å². The van der Waals surface area contributed by atoms with Crippen molar-refractivity contribution in [3.05, 3.63) is 21.9 Å². The van der Waals surface area contributed by atoms with E-state index in [2.05, 4.69) is 21.0 Å². The average molecular weight is 248 g/mol. The van der Waals surface area contributed by atoms with Crippen molar-refractivity contribution in [3.63, 3.8) is 0 Å². The van der Waals surface area contributed by atoms with Gasteiger partial charge >= 0.3 is 5.82 Å². The van der Waals surface area contributed by atoms with Gasteiger partial charge < -0.3 is 10.1 Å². The Hall–Kier alpha value is -0.910. The molecular weight excluding hydrogens is 238 g/mol. The molecule has 0 aromatic carbocycles. The smallest absolute Gasteiger partial charge is 0.358 e. The van der Waals surface area contributed by atoms with Gasteiger partial charge in [-0.1, -0.05) is 15.9 Å². The number of nitrogens with zero attached hydrogens (tertiary/aromatic N) is 3. The van der Waals surface area contributed by atoms with Crippen molar-refractivity contribution in [1.29, 1.82) is 0 Å². The van der Waals surface area contributed by atoms with Gasteiger partial charge in [-0.25, -0.2) is 0 Å². The van der Waals surface area contributed by atoms with Crippen LogP contribution in [0.2, 0.25) is 0 Å². The highest BCUT2D eigenvalue weighted by molar-refractivity contribution is 9.09. The molecule has 0 bridgehead atoms. The first kappa shape index (κ1) is 10.2. The highest BCUT2D eigenvalue weighted by Gasteiger charge is 2.16. The zero-order valence-electron chi connectivity index (χ0n) is 7.23. The Bertz CT molecular complexity index is 311. The van der Waals surface area contributed by atoms with Crippen molar-refractivity contribution in [3.8, 4) is 0 Å². The molecule has 0 saturated heterocycles. The lowest BCUT2D eigenvalue weighted by atomic mass is 10.4. The Morgan fingerprint density at radius 1 is 1.77 bits per heavy atom. The summed E-state index contributed by atoms with van der Waals surface area (Å²) in [6.45, 7) is 2.40. The molecular formula is C7H10BrN3O2. The number of hydrogen-bond acceptors (Lipinski definition) is 3. The van der Waals surface area contributed by atoms with Crippen molar-refractivity contribution in [2.24, 2.45) is 0 Å². The number of rotatable bonds is 4. The lowest BCUT2D eigenvalue weighted by molar-refractivity contribution is -0.390. The van der Waals surface area contributed by atoms with Gasteiger partial charge in [-0.2, -0.15) is 4.68 Å². The van der Waals surface area contributed by atoms with Gasteiger partial charge in [-0.3, -0.25) is 0 Å². The van der Waals surface area contributed by atoms with E-state index in [0.29, 0.717) is 12.1 Å². The molecule has 0 aliphatic heterocycles. The van der Waals surface area contributed by atoms with Gasteiger partial charge in [0, 0.05) is 5.33 Å². The van der Waals surface area contributed by atoms with E-state index in [1.165, 1.54) is 0 Å². The van der Waals surface area contributed by atoms with Crippen molar-refractivity contribution in [1.82, 2.24) is 9.78 Å². The fourth-order valence-electron chi connectivity index (χ4n) is 1.03. The van der Waals surface area contributed by atoms with Crippen LogP contribution in [0.1, 0.15) is 12.0 Å². The van der Waals surface area contributed by atoms with E-state index in [9.17, 15) is 10.1 Å². The SMILES string of the molecule is Cc1cn(CCCBr)nc1[N+](=O)[O-]. The normalized spacial score (nSPS) is 10.3. The third-order valence-electron chi connectivity index (χ3n) is 1.61. The number of hydrogen-bond donors (Lipinski definition) is 0. The molecule has 0 spiro atoms. The molecule has 0 aliphatic rings. The average Bonchev–Trinajstić information content (AvgIpc) is 2.43. The molecule has 6 heteroatoms. The molecule has 0 radical (unpaired) electrons. The Labute approximate surface area is 84.0 Å². The number of aryl methyl sites for hydroxylation is 2. The Morgan fingerprint density at radius 2 is 2.46 bits per heavy atom. The van der Waals surface area contributed by atoms with E-state index in [1.54, 1.807) is 17.8 Å². The zero-order valence-corrected chi connectivity index (χ0v) is 8.82. The topological polar surface area (TPSA) is 61.0 Å². The lowest BCUT2D eigenvalue weighted by Crippen LogP contribution is -1.99. The second kappa shape index (κ2) is 4.36. The summed E-state index contributed by atoms with van der Waals surface area (Å²) in [6, 6.07) is 0. The molecule has 0 N–H and O–H groups in total. The molecule has 0 amide bonds. The summed E-state index contributed by atoms with van der Waals surface area (Å²) >= 11 is 3.29. The molecule has 0 unspecified atom stereocenters. The molecule has 1 rings (SSSR count). The van der Waals surface area contributed by atoms with Crippen LogP contribution in [0.15, 0.2) is 6.20 Å². The summed E-state index contributed by atoms with van der Waals surface area (Å²) in [5.41, 5.74) is 0.611. The summed E-state index contributed by atoms with van der Waals surface area (Å²) in [6.07, 6.45) is 2.61. The second-order valence-corrected chi connectivity index (χ2v) is 3.49. The Morgan fingerprint density at radius 3 is 2.92 bits per heavy atom. The summed E-state index contributed by atoms with van der Waals surface area (Å²) in [5.74, 6) is -0.0467. The number of alkyl halides is 1. The van der Waals surface area contributed by atoms with E-state index in [4.69, 9.17) is 0 Å². The summed E-state index contributed by atoms with van der Waals surface area (Å²) in [5, 5.41) is 15.1. The number of aromatic nitrogens is 2. The van der Waals surface area contributed by atoms with E-state index < -0.39 is 4.92 Å². The maximum Gasteiger partial charge on any atom is 0.392 e. The summed E-state index contributed by atoms with van der Waals surface area (Å²) < 4.78 is 1.61. The van der Waals surface area contributed by atoms with E-state index in [0.717, 1.165) is 11.8 Å². The highest BCUT2D eigenvalue weighted by Crippen LogP contribution is 2.13. The van der Waals surface area contributed by atoms with Crippen LogP contribution in [0.25, 0.3) is 0 Å². The van der Waals surface area contributed by atoms with Crippen LogP contribution in [0.5, 0.6) is 0 Å². The fourth-order valence-corrected chi connectivity index (χ4v) is 1.28. The minimum Gasteiger partial charge on any atom is -0.358 e. The quantitative estimate of drug-likeness (QED) is 0.464. The lowest BCUT2D eigenvalue weighted by Gasteiger charge is -1.90. The maximum atomic E-state index is 10.4. The van der Waals surface area contributed by atoms with E-state index in [1.807, 2.05) is 0 Å². The molecule has 1 heterocycles. The first-order valence-corrected chi connectivity index (χ1v) is 5.01. The number of nitro groups is 1. The van der Waals surface area contributed by atoms with E-state index in [-0.39, 0.29) is 5.82 Å². The van der Waals surface area contributed by atoms with Crippen LogP contribution in [-0.4, -0.2) is 20.0 Å². The van der Waals surface area contributed by atoms with Crippen LogP contribution < -0.4 is 0 Å². The van der Waals surface area contributed by atoms with Crippen LogP contribution >= 0.6 is 15.9 Å². The fraction of sp³-hybridized carbons (Fsp3) is 0.571. The maximum absolute atomic E-state index is 10.4. The van der Waals surface area contributed by atoms with Gasteiger partial charge in [0.25, 0.3) is 0 Å². The standard InChI is InChI=1S/C7H10BrN3O2/c1-6-5-10(4-2-3-8)9-7(6)11(12)13/h5H,2-4H2,1H3. The first-order valence-electron chi connectivity index (χ1n) is 3.89. The third-order valence-corrected chi connectivity index (χ3v) is 2.17.